The highest BCUT2D eigenvalue weighted by Gasteiger charge is 2.25. The number of rotatable bonds is 7. The Hall–Kier alpha value is -3.92. The highest BCUT2D eigenvalue weighted by Crippen LogP contribution is 2.27. The van der Waals surface area contributed by atoms with Crippen LogP contribution in [0.2, 0.25) is 0 Å². The Balaban J connectivity index is 1.92. The minimum atomic E-state index is -0.757. The van der Waals surface area contributed by atoms with Gasteiger partial charge in [0.2, 0.25) is 12.3 Å². The Morgan fingerprint density at radius 2 is 1.79 bits per heavy atom. The average molecular weight is 374 g/mol. The maximum absolute atomic E-state index is 12.7. The lowest BCUT2D eigenvalue weighted by Gasteiger charge is -2.16. The molecule has 0 spiro atoms. The Morgan fingerprint density at radius 3 is 2.50 bits per heavy atom. The molecule has 0 aliphatic carbocycles. The molecule has 0 saturated carbocycles. The molecular weight excluding hydrogens is 356 g/mol. The Kier molecular flexibility index (Phi) is 5.82. The van der Waals surface area contributed by atoms with Crippen LogP contribution in [0, 0.1) is 11.3 Å². The van der Waals surface area contributed by atoms with Gasteiger partial charge >= 0.3 is 0 Å². The van der Waals surface area contributed by atoms with Crippen molar-refractivity contribution in [3.05, 3.63) is 71.9 Å². The molecular formula is C21H18N4O3. The van der Waals surface area contributed by atoms with Gasteiger partial charge in [-0.2, -0.15) is 5.26 Å². The van der Waals surface area contributed by atoms with Crippen molar-refractivity contribution in [2.24, 2.45) is 0 Å². The lowest BCUT2D eigenvalue weighted by atomic mass is 9.97. The van der Waals surface area contributed by atoms with Crippen LogP contribution in [0.25, 0.3) is 10.9 Å². The summed E-state index contributed by atoms with van der Waals surface area (Å²) in [5.41, 5.74) is 1.75. The van der Waals surface area contributed by atoms with Gasteiger partial charge < -0.3 is 10.6 Å². The summed E-state index contributed by atoms with van der Waals surface area (Å²) in [6, 6.07) is 17.7. The third kappa shape index (κ3) is 3.91. The molecule has 0 aliphatic heterocycles. The van der Waals surface area contributed by atoms with E-state index >= 15 is 0 Å². The van der Waals surface area contributed by atoms with Crippen molar-refractivity contribution in [3.8, 4) is 6.07 Å². The van der Waals surface area contributed by atoms with Crippen molar-refractivity contribution < 1.29 is 14.4 Å². The van der Waals surface area contributed by atoms with E-state index in [2.05, 4.69) is 10.6 Å². The summed E-state index contributed by atoms with van der Waals surface area (Å²) in [5.74, 6) is -1.46. The molecule has 7 heteroatoms. The van der Waals surface area contributed by atoms with Gasteiger partial charge in [-0.25, -0.2) is 0 Å². The van der Waals surface area contributed by atoms with E-state index in [1.165, 1.54) is 4.57 Å². The Labute approximate surface area is 161 Å². The van der Waals surface area contributed by atoms with Crippen molar-refractivity contribution in [1.82, 2.24) is 15.2 Å². The Morgan fingerprint density at radius 1 is 1.07 bits per heavy atom. The number of nitrogens with one attached hydrogen (secondary N) is 2. The molecule has 1 unspecified atom stereocenters. The summed E-state index contributed by atoms with van der Waals surface area (Å²) in [7, 11) is 0. The number of fused-ring (bicyclic) bond motifs is 1. The fraction of sp³-hybridized carbons (Fsp3) is 0.143. The highest BCUT2D eigenvalue weighted by molar-refractivity contribution is 5.97. The van der Waals surface area contributed by atoms with Gasteiger partial charge in [0.1, 0.15) is 6.54 Å². The van der Waals surface area contributed by atoms with Gasteiger partial charge in [0, 0.05) is 23.7 Å². The molecule has 3 rings (SSSR count). The number of amides is 2. The Bertz CT molecular complexity index is 1050. The number of nitrogens with zero attached hydrogens (tertiary/aromatic N) is 2. The van der Waals surface area contributed by atoms with Crippen LogP contribution >= 0.6 is 0 Å². The average Bonchev–Trinajstić information content (AvgIpc) is 3.11. The van der Waals surface area contributed by atoms with Crippen molar-refractivity contribution in [2.75, 3.05) is 13.1 Å². The van der Waals surface area contributed by atoms with E-state index in [1.807, 2.05) is 24.3 Å². The topological polar surface area (TPSA) is 104 Å². The smallest absolute Gasteiger partial charge is 0.251 e. The molecule has 2 aromatic carbocycles. The molecule has 0 aliphatic rings. The van der Waals surface area contributed by atoms with Crippen molar-refractivity contribution >= 4 is 29.1 Å². The van der Waals surface area contributed by atoms with Crippen LogP contribution in [0.3, 0.4) is 0 Å². The van der Waals surface area contributed by atoms with Crippen molar-refractivity contribution in [1.29, 1.82) is 5.26 Å². The monoisotopic (exact) mass is 374 g/mol. The lowest BCUT2D eigenvalue weighted by Crippen LogP contribution is -2.37. The predicted molar refractivity (Wildman–Crippen MR) is 104 cm³/mol. The number of hydrogen-bond donors (Lipinski definition) is 2. The molecule has 0 saturated heterocycles. The summed E-state index contributed by atoms with van der Waals surface area (Å²) in [6.45, 7) is -0.119. The van der Waals surface area contributed by atoms with E-state index in [0.29, 0.717) is 23.1 Å². The molecule has 0 radical (unpaired) electrons. The number of carbonyl (C=O) groups is 3. The van der Waals surface area contributed by atoms with E-state index in [4.69, 9.17) is 5.26 Å². The first-order valence-electron chi connectivity index (χ1n) is 8.68. The van der Waals surface area contributed by atoms with Gasteiger partial charge in [0.25, 0.3) is 5.91 Å². The van der Waals surface area contributed by atoms with E-state index in [0.717, 1.165) is 5.39 Å². The minimum absolute atomic E-state index is 0.0256. The number of hydrogen-bond acceptors (Lipinski definition) is 4. The van der Waals surface area contributed by atoms with Crippen LogP contribution in [0.4, 0.5) is 0 Å². The lowest BCUT2D eigenvalue weighted by molar-refractivity contribution is -0.122. The SMILES string of the molecule is N#CCNC(=O)C(CNC(=O)c1ccccc1)c1cn(C=O)c2ccccc12. The van der Waals surface area contributed by atoms with Crippen LogP contribution < -0.4 is 10.6 Å². The number of para-hydroxylation sites is 1. The number of nitriles is 1. The zero-order valence-electron chi connectivity index (χ0n) is 15.0. The fourth-order valence-electron chi connectivity index (χ4n) is 3.08. The second-order valence-electron chi connectivity index (χ2n) is 6.12. The molecule has 2 N–H and O–H groups in total. The van der Waals surface area contributed by atoms with Gasteiger partial charge in [0.15, 0.2) is 0 Å². The first kappa shape index (κ1) is 18.9. The maximum atomic E-state index is 12.7. The molecule has 2 amide bonds. The first-order valence-corrected chi connectivity index (χ1v) is 8.68. The van der Waals surface area contributed by atoms with Gasteiger partial charge in [-0.15, -0.1) is 0 Å². The standard InChI is InChI=1S/C21H18N4O3/c22-10-11-23-21(28)17(12-24-20(27)15-6-2-1-3-7-15)18-13-25(14-26)19-9-5-4-8-16(18)19/h1-9,13-14,17H,11-12H2,(H,23,28)(H,24,27). The largest absolute Gasteiger partial charge is 0.351 e. The summed E-state index contributed by atoms with van der Waals surface area (Å²) in [6.07, 6.45) is 2.25. The van der Waals surface area contributed by atoms with Crippen LogP contribution in [0.15, 0.2) is 60.8 Å². The first-order chi connectivity index (χ1) is 13.7. The summed E-state index contributed by atoms with van der Waals surface area (Å²) in [4.78, 5) is 36.5. The molecule has 1 aromatic heterocycles. The summed E-state index contributed by atoms with van der Waals surface area (Å²) in [5, 5.41) is 14.8. The molecule has 1 atom stereocenters. The van der Waals surface area contributed by atoms with E-state index < -0.39 is 11.8 Å². The zero-order valence-corrected chi connectivity index (χ0v) is 15.0. The third-order valence-electron chi connectivity index (χ3n) is 4.42. The predicted octanol–water partition coefficient (Wildman–Crippen LogP) is 1.83. The van der Waals surface area contributed by atoms with E-state index in [9.17, 15) is 14.4 Å². The van der Waals surface area contributed by atoms with Gasteiger partial charge in [-0.3, -0.25) is 19.0 Å². The molecule has 28 heavy (non-hydrogen) atoms. The summed E-state index contributed by atoms with van der Waals surface area (Å²) >= 11 is 0. The highest BCUT2D eigenvalue weighted by atomic mass is 16.2. The molecule has 0 fully saturated rings. The van der Waals surface area contributed by atoms with Crippen LogP contribution in [-0.4, -0.2) is 35.9 Å². The normalized spacial score (nSPS) is 11.4. The van der Waals surface area contributed by atoms with Crippen molar-refractivity contribution in [2.45, 2.75) is 5.92 Å². The van der Waals surface area contributed by atoms with Crippen LogP contribution in [-0.2, 0) is 9.59 Å². The third-order valence-corrected chi connectivity index (χ3v) is 4.42. The van der Waals surface area contributed by atoms with Crippen LogP contribution in [0.5, 0.6) is 0 Å². The quantitative estimate of drug-likeness (QED) is 0.486. The van der Waals surface area contributed by atoms with E-state index in [-0.39, 0.29) is 19.0 Å². The maximum Gasteiger partial charge on any atom is 0.251 e. The second kappa shape index (κ2) is 8.64. The minimum Gasteiger partial charge on any atom is -0.351 e. The van der Waals surface area contributed by atoms with Crippen molar-refractivity contribution in [3.63, 3.8) is 0 Å². The fourth-order valence-corrected chi connectivity index (χ4v) is 3.08. The summed E-state index contributed by atoms with van der Waals surface area (Å²) < 4.78 is 1.40. The molecule has 3 aromatic rings. The van der Waals surface area contributed by atoms with E-state index in [1.54, 1.807) is 42.6 Å². The number of carbonyl (C=O) groups excluding carboxylic acids is 3. The van der Waals surface area contributed by atoms with Gasteiger partial charge in [-0.05, 0) is 23.8 Å². The molecule has 0 bridgehead atoms. The van der Waals surface area contributed by atoms with Gasteiger partial charge in [0.05, 0.1) is 17.5 Å². The number of aromatic nitrogens is 1. The zero-order chi connectivity index (χ0) is 19.9. The molecule has 140 valence electrons. The molecule has 1 heterocycles. The van der Waals surface area contributed by atoms with Crippen LogP contribution in [0.1, 0.15) is 21.8 Å². The number of benzene rings is 2. The molecule has 7 nitrogen and oxygen atoms in total. The van der Waals surface area contributed by atoms with Gasteiger partial charge in [-0.1, -0.05) is 36.4 Å². The second-order valence-corrected chi connectivity index (χ2v) is 6.12.